The quantitative estimate of drug-likeness (QED) is 0.650. The van der Waals surface area contributed by atoms with E-state index in [-0.39, 0.29) is 6.61 Å². The first-order valence-corrected chi connectivity index (χ1v) is 10.6. The van der Waals surface area contributed by atoms with Crippen molar-refractivity contribution in [2.45, 2.75) is 37.4 Å². The molecule has 0 saturated carbocycles. The number of amides is 1. The van der Waals surface area contributed by atoms with Crippen molar-refractivity contribution >= 4 is 16.0 Å². The van der Waals surface area contributed by atoms with E-state index in [1.807, 2.05) is 30.3 Å². The predicted octanol–water partition coefficient (Wildman–Crippen LogP) is 2.23. The van der Waals surface area contributed by atoms with Gasteiger partial charge in [0.25, 0.3) is 10.1 Å². The maximum absolute atomic E-state index is 12.2. The van der Waals surface area contributed by atoms with Gasteiger partial charge in [0, 0.05) is 0 Å². The summed E-state index contributed by atoms with van der Waals surface area (Å²) in [5.74, 6) is 0.935. The van der Waals surface area contributed by atoms with Gasteiger partial charge in [-0.2, -0.15) is 8.42 Å². The summed E-state index contributed by atoms with van der Waals surface area (Å²) in [6, 6.07) is 16.1. The molecular weight excluding hydrogens is 398 g/mol. The highest BCUT2D eigenvalue weighted by Crippen LogP contribution is 2.28. The second kappa shape index (κ2) is 8.81. The summed E-state index contributed by atoms with van der Waals surface area (Å²) in [4.78, 5) is 11.6. The van der Waals surface area contributed by atoms with Crippen molar-refractivity contribution in [3.63, 3.8) is 0 Å². The van der Waals surface area contributed by atoms with Crippen molar-refractivity contribution < 1.29 is 31.6 Å². The molecule has 0 aliphatic carbocycles. The lowest BCUT2D eigenvalue weighted by Gasteiger charge is -2.23. The fraction of sp³-hybridized carbons (Fsp3) is 0.350. The Kier molecular flexibility index (Phi) is 6.41. The Morgan fingerprint density at radius 3 is 2.21 bits per heavy atom. The molecule has 3 atom stereocenters. The molecule has 3 rings (SSSR count). The lowest BCUT2D eigenvalue weighted by Crippen LogP contribution is -2.45. The number of nitrogens with two attached hydrogens (primary N) is 1. The van der Waals surface area contributed by atoms with E-state index >= 15 is 0 Å². The number of hydrogen-bond donors (Lipinski definition) is 1. The van der Waals surface area contributed by atoms with Gasteiger partial charge >= 0.3 is 0 Å². The van der Waals surface area contributed by atoms with Crippen molar-refractivity contribution in [2.24, 2.45) is 5.73 Å². The molecular formula is C20H23NO7S. The molecule has 1 aliphatic heterocycles. The zero-order valence-electron chi connectivity index (χ0n) is 16.1. The van der Waals surface area contributed by atoms with Gasteiger partial charge in [-0.15, -0.1) is 0 Å². The summed E-state index contributed by atoms with van der Waals surface area (Å²) in [6.45, 7) is 2.92. The van der Waals surface area contributed by atoms with Gasteiger partial charge in [-0.25, -0.2) is 0 Å². The van der Waals surface area contributed by atoms with Crippen molar-refractivity contribution in [3.8, 4) is 17.2 Å². The van der Waals surface area contributed by atoms with Crippen LogP contribution in [0, 0.1) is 0 Å². The minimum Gasteiger partial charge on any atom is -0.485 e. The molecule has 1 fully saturated rings. The summed E-state index contributed by atoms with van der Waals surface area (Å²) in [7, 11) is -3.90. The summed E-state index contributed by atoms with van der Waals surface area (Å²) in [5.41, 5.74) is 5.32. The van der Waals surface area contributed by atoms with Gasteiger partial charge in [-0.1, -0.05) is 18.2 Å². The molecule has 0 aromatic heterocycles. The summed E-state index contributed by atoms with van der Waals surface area (Å²) in [6.07, 6.45) is -3.20. The van der Waals surface area contributed by atoms with E-state index in [0.717, 1.165) is 0 Å². The van der Waals surface area contributed by atoms with Crippen LogP contribution in [0.5, 0.6) is 17.2 Å². The van der Waals surface area contributed by atoms with Crippen LogP contribution in [0.4, 0.5) is 0 Å². The summed E-state index contributed by atoms with van der Waals surface area (Å²) >= 11 is 0. The zero-order valence-corrected chi connectivity index (χ0v) is 16.9. The number of benzene rings is 2. The predicted molar refractivity (Wildman–Crippen MR) is 105 cm³/mol. The van der Waals surface area contributed by atoms with E-state index in [4.69, 9.17) is 24.1 Å². The number of carbonyl (C=O) groups excluding carboxylic acids is 1. The van der Waals surface area contributed by atoms with Crippen molar-refractivity contribution in [1.82, 2.24) is 0 Å². The average molecular weight is 421 g/mol. The molecule has 3 unspecified atom stereocenters. The standard InChI is InChI=1S/C20H23NO7S/c1-13(2)29(23,24)28-18-17(12-25-19(18)20(21)22)27-16-10-8-15(9-11-16)26-14-6-4-3-5-7-14/h3-11,13,17-19H,12H2,1-2H3,(H2,21,22). The summed E-state index contributed by atoms with van der Waals surface area (Å²) in [5, 5.41) is -0.785. The normalized spacial score (nSPS) is 21.8. The highest BCUT2D eigenvalue weighted by Gasteiger charge is 2.46. The van der Waals surface area contributed by atoms with E-state index in [9.17, 15) is 13.2 Å². The smallest absolute Gasteiger partial charge is 0.270 e. The first kappa shape index (κ1) is 21.1. The molecule has 0 bridgehead atoms. The second-order valence-corrected chi connectivity index (χ2v) is 8.92. The monoisotopic (exact) mass is 421 g/mol. The summed E-state index contributed by atoms with van der Waals surface area (Å²) < 4.78 is 46.4. The number of rotatable bonds is 8. The van der Waals surface area contributed by atoms with Crippen LogP contribution < -0.4 is 15.2 Å². The molecule has 2 N–H and O–H groups in total. The third kappa shape index (κ3) is 5.26. The van der Waals surface area contributed by atoms with Gasteiger partial charge in [0.1, 0.15) is 17.2 Å². The van der Waals surface area contributed by atoms with E-state index in [2.05, 4.69) is 0 Å². The van der Waals surface area contributed by atoms with E-state index in [0.29, 0.717) is 17.2 Å². The largest absolute Gasteiger partial charge is 0.485 e. The minimum atomic E-state index is -3.90. The van der Waals surface area contributed by atoms with Crippen LogP contribution in [0.2, 0.25) is 0 Å². The number of hydrogen-bond acceptors (Lipinski definition) is 7. The molecule has 156 valence electrons. The van der Waals surface area contributed by atoms with Crippen LogP contribution in [-0.2, 0) is 23.8 Å². The average Bonchev–Trinajstić information content (AvgIpc) is 3.06. The molecule has 9 heteroatoms. The Balaban J connectivity index is 1.71. The first-order chi connectivity index (χ1) is 13.8. The van der Waals surface area contributed by atoms with Gasteiger partial charge in [0.05, 0.1) is 11.9 Å². The molecule has 1 amide bonds. The fourth-order valence-corrected chi connectivity index (χ4v) is 3.45. The van der Waals surface area contributed by atoms with Crippen LogP contribution in [0.3, 0.4) is 0 Å². The lowest BCUT2D eigenvalue weighted by atomic mass is 10.1. The highest BCUT2D eigenvalue weighted by atomic mass is 32.2. The molecule has 0 radical (unpaired) electrons. The number of carbonyl (C=O) groups is 1. The van der Waals surface area contributed by atoms with E-state index in [1.54, 1.807) is 24.3 Å². The lowest BCUT2D eigenvalue weighted by molar-refractivity contribution is -0.129. The molecule has 1 aliphatic rings. The molecule has 8 nitrogen and oxygen atoms in total. The Morgan fingerprint density at radius 1 is 1.03 bits per heavy atom. The van der Waals surface area contributed by atoms with Gasteiger partial charge < -0.3 is 19.9 Å². The minimum absolute atomic E-state index is 0.0336. The molecule has 2 aromatic rings. The Hall–Kier alpha value is -2.62. The van der Waals surface area contributed by atoms with Crippen LogP contribution >= 0.6 is 0 Å². The zero-order chi connectivity index (χ0) is 21.0. The second-order valence-electron chi connectivity index (χ2n) is 6.80. The maximum Gasteiger partial charge on any atom is 0.270 e. The van der Waals surface area contributed by atoms with Gasteiger partial charge in [-0.05, 0) is 50.2 Å². The molecule has 29 heavy (non-hydrogen) atoms. The Morgan fingerprint density at radius 2 is 1.62 bits per heavy atom. The number of para-hydroxylation sites is 1. The highest BCUT2D eigenvalue weighted by molar-refractivity contribution is 7.87. The topological polar surface area (TPSA) is 114 Å². The van der Waals surface area contributed by atoms with Crippen LogP contribution in [0.25, 0.3) is 0 Å². The molecule has 2 aromatic carbocycles. The van der Waals surface area contributed by atoms with Crippen molar-refractivity contribution in [3.05, 3.63) is 54.6 Å². The van der Waals surface area contributed by atoms with Gasteiger partial charge in [0.2, 0.25) is 5.91 Å². The van der Waals surface area contributed by atoms with Gasteiger partial charge in [0.15, 0.2) is 18.3 Å². The number of ether oxygens (including phenoxy) is 3. The van der Waals surface area contributed by atoms with Crippen LogP contribution in [0.15, 0.2) is 54.6 Å². The van der Waals surface area contributed by atoms with Crippen molar-refractivity contribution in [1.29, 1.82) is 0 Å². The van der Waals surface area contributed by atoms with Gasteiger partial charge in [-0.3, -0.25) is 8.98 Å². The SMILES string of the molecule is CC(C)S(=O)(=O)OC1C(Oc2ccc(Oc3ccccc3)cc2)COC1C(N)=O. The number of primary amides is 1. The molecule has 1 saturated heterocycles. The Labute approximate surface area is 169 Å². The fourth-order valence-electron chi connectivity index (χ4n) is 2.69. The van der Waals surface area contributed by atoms with Crippen LogP contribution in [-0.4, -0.2) is 44.5 Å². The third-order valence-electron chi connectivity index (χ3n) is 4.30. The molecule has 1 heterocycles. The molecule has 0 spiro atoms. The maximum atomic E-state index is 12.2. The third-order valence-corrected chi connectivity index (χ3v) is 5.94. The van der Waals surface area contributed by atoms with E-state index in [1.165, 1.54) is 13.8 Å². The Bertz CT molecular complexity index is 929. The van der Waals surface area contributed by atoms with E-state index < -0.39 is 39.6 Å². The first-order valence-electron chi connectivity index (χ1n) is 9.09. The van der Waals surface area contributed by atoms with Crippen molar-refractivity contribution in [2.75, 3.05) is 6.61 Å². The van der Waals surface area contributed by atoms with Crippen LogP contribution in [0.1, 0.15) is 13.8 Å².